The summed E-state index contributed by atoms with van der Waals surface area (Å²) >= 11 is 0. The highest BCUT2D eigenvalue weighted by molar-refractivity contribution is 5.35. The summed E-state index contributed by atoms with van der Waals surface area (Å²) in [5.74, 6) is -2.39. The van der Waals surface area contributed by atoms with Crippen molar-refractivity contribution in [1.29, 1.82) is 0 Å². The molecule has 0 bridgehead atoms. The van der Waals surface area contributed by atoms with Gasteiger partial charge in [0.05, 0.1) is 24.5 Å². The number of pyridine rings is 1. The molecule has 5 rings (SSSR count). The standard InChI is InChI=1S/C25H32F2N8O3/c1-15-4-5-21(36)35(12-15)20-14-34(13-19(20)28)23-29-10-18(11-30-23)37-16(2)17-6-8-33(9-7-17)24-31-22(32-38-24)25(3,26)27/h4-5,10-12,16-17,19-20H,6-9,13-14,28H2,1-3H3/t16-,19-,20-/m0/s1. The van der Waals surface area contributed by atoms with E-state index in [4.69, 9.17) is 15.0 Å². The monoisotopic (exact) mass is 530 g/mol. The van der Waals surface area contributed by atoms with E-state index in [0.717, 1.165) is 25.3 Å². The highest BCUT2D eigenvalue weighted by Crippen LogP contribution is 2.30. The van der Waals surface area contributed by atoms with Crippen LogP contribution >= 0.6 is 0 Å². The minimum atomic E-state index is -3.14. The lowest BCUT2D eigenvalue weighted by Crippen LogP contribution is -2.39. The molecular formula is C25H32F2N8O3. The van der Waals surface area contributed by atoms with E-state index < -0.39 is 11.7 Å². The van der Waals surface area contributed by atoms with E-state index in [9.17, 15) is 13.6 Å². The molecule has 3 aromatic rings. The molecule has 0 amide bonds. The van der Waals surface area contributed by atoms with Crippen molar-refractivity contribution in [3.8, 4) is 5.75 Å². The van der Waals surface area contributed by atoms with Crippen molar-refractivity contribution < 1.29 is 18.0 Å². The molecule has 11 nitrogen and oxygen atoms in total. The largest absolute Gasteiger partial charge is 0.487 e. The maximum atomic E-state index is 13.4. The molecule has 2 aliphatic heterocycles. The number of hydrogen-bond donors (Lipinski definition) is 1. The number of rotatable bonds is 7. The summed E-state index contributed by atoms with van der Waals surface area (Å²) in [7, 11) is 0. The number of halogens is 2. The molecule has 2 aliphatic rings. The van der Waals surface area contributed by atoms with Crippen molar-refractivity contribution in [3.05, 3.63) is 52.5 Å². The van der Waals surface area contributed by atoms with Crippen LogP contribution in [0.25, 0.3) is 0 Å². The Balaban J connectivity index is 1.15. The lowest BCUT2D eigenvalue weighted by molar-refractivity contribution is 0.00559. The number of aromatic nitrogens is 5. The third-order valence-electron chi connectivity index (χ3n) is 7.28. The Morgan fingerprint density at radius 3 is 2.53 bits per heavy atom. The number of alkyl halides is 2. The van der Waals surface area contributed by atoms with Crippen LogP contribution < -0.4 is 25.8 Å². The molecule has 2 fully saturated rings. The van der Waals surface area contributed by atoms with Gasteiger partial charge in [-0.25, -0.2) is 9.97 Å². The maximum Gasteiger partial charge on any atom is 0.324 e. The molecule has 0 aliphatic carbocycles. The predicted molar refractivity (Wildman–Crippen MR) is 136 cm³/mol. The van der Waals surface area contributed by atoms with Gasteiger partial charge in [0.1, 0.15) is 0 Å². The lowest BCUT2D eigenvalue weighted by atomic mass is 9.92. The van der Waals surface area contributed by atoms with Gasteiger partial charge in [0.15, 0.2) is 5.75 Å². The van der Waals surface area contributed by atoms with Crippen LogP contribution in [0.5, 0.6) is 5.75 Å². The van der Waals surface area contributed by atoms with Crippen LogP contribution in [0.4, 0.5) is 20.7 Å². The number of anilines is 2. The first-order valence-electron chi connectivity index (χ1n) is 12.7. The van der Waals surface area contributed by atoms with Gasteiger partial charge in [0.2, 0.25) is 11.8 Å². The third kappa shape index (κ3) is 5.47. The fourth-order valence-electron chi connectivity index (χ4n) is 5.07. The molecule has 38 heavy (non-hydrogen) atoms. The van der Waals surface area contributed by atoms with Crippen molar-refractivity contribution >= 4 is 12.0 Å². The van der Waals surface area contributed by atoms with E-state index in [-0.39, 0.29) is 35.7 Å². The molecule has 13 heteroatoms. The molecule has 0 unspecified atom stereocenters. The van der Waals surface area contributed by atoms with E-state index in [0.29, 0.717) is 37.9 Å². The number of hydrogen-bond acceptors (Lipinski definition) is 10. The van der Waals surface area contributed by atoms with E-state index in [2.05, 4.69) is 20.1 Å². The molecule has 3 aromatic heterocycles. The van der Waals surface area contributed by atoms with E-state index in [1.54, 1.807) is 29.1 Å². The van der Waals surface area contributed by atoms with Crippen LogP contribution in [-0.4, -0.2) is 63.0 Å². The Morgan fingerprint density at radius 2 is 1.87 bits per heavy atom. The molecule has 204 valence electrons. The molecule has 5 heterocycles. The molecule has 3 atom stereocenters. The summed E-state index contributed by atoms with van der Waals surface area (Å²) in [4.78, 5) is 29.0. The SMILES string of the molecule is Cc1ccc(=O)n([C@H]2CN(c3ncc(O[C@@H](C)C4CCN(c5nc(C(C)(F)F)no5)CC4)cn3)C[C@@H]2N)c1. The zero-order chi connectivity index (χ0) is 27.0. The molecule has 0 spiro atoms. The zero-order valence-electron chi connectivity index (χ0n) is 21.6. The highest BCUT2D eigenvalue weighted by atomic mass is 19.3. The van der Waals surface area contributed by atoms with Gasteiger partial charge in [-0.3, -0.25) is 4.79 Å². The number of nitrogens with two attached hydrogens (primary N) is 1. The Bertz CT molecular complexity index is 1300. The summed E-state index contributed by atoms with van der Waals surface area (Å²) < 4.78 is 39.7. The second kappa shape index (κ2) is 10.3. The maximum absolute atomic E-state index is 13.4. The molecular weight excluding hydrogens is 498 g/mol. The van der Waals surface area contributed by atoms with Crippen LogP contribution in [0.1, 0.15) is 44.1 Å². The second-order valence-corrected chi connectivity index (χ2v) is 10.2. The topological polar surface area (TPSA) is 128 Å². The van der Waals surface area contributed by atoms with E-state index in [1.807, 2.05) is 29.8 Å². The van der Waals surface area contributed by atoms with Gasteiger partial charge >= 0.3 is 11.9 Å². The number of piperidine rings is 1. The number of nitrogens with zero attached hydrogens (tertiary/aromatic N) is 7. The molecule has 2 saturated heterocycles. The van der Waals surface area contributed by atoms with Gasteiger partial charge in [0, 0.05) is 51.4 Å². The first-order valence-corrected chi connectivity index (χ1v) is 12.7. The summed E-state index contributed by atoms with van der Waals surface area (Å²) in [6.45, 7) is 6.97. The quantitative estimate of drug-likeness (QED) is 0.487. The van der Waals surface area contributed by atoms with Crippen molar-refractivity contribution in [3.63, 3.8) is 0 Å². The van der Waals surface area contributed by atoms with Crippen LogP contribution in [0.3, 0.4) is 0 Å². The fourth-order valence-corrected chi connectivity index (χ4v) is 5.07. The van der Waals surface area contributed by atoms with E-state index in [1.165, 1.54) is 0 Å². The lowest BCUT2D eigenvalue weighted by Gasteiger charge is -2.33. The Labute approximate surface area is 218 Å². The Hall–Kier alpha value is -3.61. The minimum Gasteiger partial charge on any atom is -0.487 e. The normalized spacial score (nSPS) is 21.6. The second-order valence-electron chi connectivity index (χ2n) is 10.2. The summed E-state index contributed by atoms with van der Waals surface area (Å²) in [5, 5.41) is 3.40. The molecule has 2 N–H and O–H groups in total. The summed E-state index contributed by atoms with van der Waals surface area (Å²) in [6, 6.07) is 3.09. The average Bonchev–Trinajstić information content (AvgIpc) is 3.54. The average molecular weight is 531 g/mol. The minimum absolute atomic E-state index is 0.0771. The Kier molecular flexibility index (Phi) is 7.03. The van der Waals surface area contributed by atoms with Gasteiger partial charge in [-0.1, -0.05) is 11.2 Å². The zero-order valence-corrected chi connectivity index (χ0v) is 21.6. The van der Waals surface area contributed by atoms with Gasteiger partial charge in [-0.05, 0) is 38.2 Å². The Morgan fingerprint density at radius 1 is 1.16 bits per heavy atom. The van der Waals surface area contributed by atoms with E-state index >= 15 is 0 Å². The van der Waals surface area contributed by atoms with Crippen LogP contribution in [0.15, 0.2) is 40.0 Å². The van der Waals surface area contributed by atoms with Crippen LogP contribution in [0.2, 0.25) is 0 Å². The van der Waals surface area contributed by atoms with Gasteiger partial charge in [0.25, 0.3) is 5.56 Å². The predicted octanol–water partition coefficient (Wildman–Crippen LogP) is 2.51. The fraction of sp³-hybridized carbons (Fsp3) is 0.560. The number of ether oxygens (including phenoxy) is 1. The van der Waals surface area contributed by atoms with Gasteiger partial charge in [-0.15, -0.1) is 0 Å². The van der Waals surface area contributed by atoms with Crippen molar-refractivity contribution in [2.24, 2.45) is 11.7 Å². The van der Waals surface area contributed by atoms with Gasteiger partial charge < -0.3 is 29.4 Å². The first-order chi connectivity index (χ1) is 18.1. The van der Waals surface area contributed by atoms with Crippen molar-refractivity contribution in [1.82, 2.24) is 24.7 Å². The third-order valence-corrected chi connectivity index (χ3v) is 7.28. The molecule has 0 aromatic carbocycles. The van der Waals surface area contributed by atoms with Crippen LogP contribution in [-0.2, 0) is 5.92 Å². The van der Waals surface area contributed by atoms with Crippen LogP contribution in [0, 0.1) is 12.8 Å². The summed E-state index contributed by atoms with van der Waals surface area (Å²) in [6.07, 6.45) is 6.61. The molecule has 0 radical (unpaired) electrons. The summed E-state index contributed by atoms with van der Waals surface area (Å²) in [5.41, 5.74) is 7.29. The number of aryl methyl sites for hydroxylation is 1. The van der Waals surface area contributed by atoms with Crippen molar-refractivity contribution in [2.75, 3.05) is 36.0 Å². The smallest absolute Gasteiger partial charge is 0.324 e. The van der Waals surface area contributed by atoms with Crippen molar-refractivity contribution in [2.45, 2.75) is 57.7 Å². The van der Waals surface area contributed by atoms with Gasteiger partial charge in [-0.2, -0.15) is 13.8 Å². The first kappa shape index (κ1) is 26.0. The molecule has 0 saturated carbocycles. The highest BCUT2D eigenvalue weighted by Gasteiger charge is 2.35.